The van der Waals surface area contributed by atoms with E-state index in [1.54, 1.807) is 36.4 Å². The van der Waals surface area contributed by atoms with Crippen LogP contribution in [0.5, 0.6) is 0 Å². The fraction of sp³-hybridized carbons (Fsp3) is 0.259. The molecule has 2 amide bonds. The molecule has 37 heavy (non-hydrogen) atoms. The molecular weight excluding hydrogens is 511 g/mol. The lowest BCUT2D eigenvalue weighted by Crippen LogP contribution is -2.45. The van der Waals surface area contributed by atoms with E-state index in [-0.39, 0.29) is 36.6 Å². The second-order valence-electron chi connectivity index (χ2n) is 8.87. The summed E-state index contributed by atoms with van der Waals surface area (Å²) in [5, 5.41) is 7.32. The molecule has 0 aliphatic heterocycles. The highest BCUT2D eigenvalue weighted by molar-refractivity contribution is 6.15. The Morgan fingerprint density at radius 2 is 1.11 bits per heavy atom. The summed E-state index contributed by atoms with van der Waals surface area (Å²) in [4.78, 5) is 35.9. The normalized spacial score (nSPS) is 10.9. The lowest BCUT2D eigenvalue weighted by Gasteiger charge is -2.29. The van der Waals surface area contributed by atoms with Gasteiger partial charge in [0.25, 0.3) is 0 Å². The summed E-state index contributed by atoms with van der Waals surface area (Å²) in [6.07, 6.45) is 0.655. The molecule has 0 saturated heterocycles. The predicted octanol–water partition coefficient (Wildman–Crippen LogP) is 5.79. The summed E-state index contributed by atoms with van der Waals surface area (Å²) in [7, 11) is 0. The van der Waals surface area contributed by atoms with Crippen molar-refractivity contribution in [3.8, 4) is 0 Å². The van der Waals surface area contributed by atoms with E-state index in [4.69, 9.17) is 11.5 Å². The zero-order valence-electron chi connectivity index (χ0n) is 21.2. The molecule has 0 spiro atoms. The summed E-state index contributed by atoms with van der Waals surface area (Å²) in [5.41, 5.74) is 16.5. The summed E-state index contributed by atoms with van der Waals surface area (Å²) < 4.78 is 0. The van der Waals surface area contributed by atoms with E-state index in [2.05, 4.69) is 20.6 Å². The van der Waals surface area contributed by atoms with Gasteiger partial charge in [-0.25, -0.2) is 0 Å². The lowest BCUT2D eigenvalue weighted by atomic mass is 9.80. The fourth-order valence-corrected chi connectivity index (χ4v) is 4.43. The second-order valence-corrected chi connectivity index (χ2v) is 8.87. The van der Waals surface area contributed by atoms with Gasteiger partial charge >= 0.3 is 0 Å². The van der Waals surface area contributed by atoms with Gasteiger partial charge in [-0.1, -0.05) is 13.8 Å². The number of pyridine rings is 2. The molecule has 10 heteroatoms. The van der Waals surface area contributed by atoms with E-state index in [0.29, 0.717) is 35.6 Å². The van der Waals surface area contributed by atoms with Crippen LogP contribution in [-0.4, -0.2) is 21.8 Å². The predicted molar refractivity (Wildman–Crippen MR) is 157 cm³/mol. The molecule has 2 heterocycles. The number of hydrogen-bond acceptors (Lipinski definition) is 6. The van der Waals surface area contributed by atoms with Gasteiger partial charge in [0.05, 0.1) is 11.0 Å². The third-order valence-electron chi connectivity index (χ3n) is 6.53. The molecule has 0 radical (unpaired) electrons. The smallest absolute Gasteiger partial charge is 0.240 e. The standard InChI is InChI=1S/C27H30N6O2.2ClH/c1-5-27(6-2,25(34)32-17-7-9-23-19(13-17)21(28)11-15(3)30-23)26(35)33-18-8-10-24-20(14-18)22(29)12-16(4)31-24;;/h7-14H,5-6H2,1-4H3,(H2,28,30)(H2,29,31)(H,32,34)(H,33,35);2*1H. The van der Waals surface area contributed by atoms with E-state index >= 15 is 0 Å². The first-order valence-electron chi connectivity index (χ1n) is 11.6. The molecule has 2 aromatic carbocycles. The number of carbonyl (C=O) groups is 2. The molecule has 2 aromatic heterocycles. The van der Waals surface area contributed by atoms with Gasteiger partial charge < -0.3 is 22.1 Å². The molecule has 8 nitrogen and oxygen atoms in total. The van der Waals surface area contributed by atoms with Gasteiger partial charge in [0.15, 0.2) is 0 Å². The van der Waals surface area contributed by atoms with Crippen molar-refractivity contribution in [3.05, 3.63) is 59.9 Å². The number of amides is 2. The molecule has 0 aliphatic rings. The number of aryl methyl sites for hydroxylation is 2. The van der Waals surface area contributed by atoms with E-state index in [1.807, 2.05) is 39.8 Å². The molecule has 0 aliphatic carbocycles. The number of benzene rings is 2. The van der Waals surface area contributed by atoms with E-state index in [0.717, 1.165) is 33.2 Å². The maximum Gasteiger partial charge on any atom is 0.240 e. The largest absolute Gasteiger partial charge is 0.398 e. The Hall–Kier alpha value is -3.62. The van der Waals surface area contributed by atoms with Crippen molar-refractivity contribution in [1.29, 1.82) is 0 Å². The van der Waals surface area contributed by atoms with Crippen LogP contribution in [0.25, 0.3) is 21.8 Å². The summed E-state index contributed by atoms with van der Waals surface area (Å²) >= 11 is 0. The number of halogens is 2. The maximum atomic E-state index is 13.5. The van der Waals surface area contributed by atoms with Gasteiger partial charge in [-0.2, -0.15) is 0 Å². The average molecular weight is 543 g/mol. The molecule has 0 atom stereocenters. The van der Waals surface area contributed by atoms with Crippen LogP contribution < -0.4 is 22.1 Å². The molecule has 0 bridgehead atoms. The van der Waals surface area contributed by atoms with Crippen molar-refractivity contribution < 1.29 is 9.59 Å². The Morgan fingerprint density at radius 3 is 1.46 bits per heavy atom. The number of nitrogens with one attached hydrogen (secondary N) is 2. The third-order valence-corrected chi connectivity index (χ3v) is 6.53. The fourth-order valence-electron chi connectivity index (χ4n) is 4.43. The van der Waals surface area contributed by atoms with Crippen molar-refractivity contribution >= 4 is 81.2 Å². The monoisotopic (exact) mass is 542 g/mol. The summed E-state index contributed by atoms with van der Waals surface area (Å²) in [6, 6.07) is 14.3. The topological polar surface area (TPSA) is 136 Å². The van der Waals surface area contributed by atoms with Gasteiger partial charge in [-0.15, -0.1) is 24.8 Å². The molecule has 4 aromatic rings. The van der Waals surface area contributed by atoms with E-state index in [1.165, 1.54) is 0 Å². The minimum atomic E-state index is -1.27. The molecular formula is C27H32Cl2N6O2. The second kappa shape index (κ2) is 11.6. The highest BCUT2D eigenvalue weighted by Crippen LogP contribution is 2.32. The number of fused-ring (bicyclic) bond motifs is 2. The Bertz CT molecular complexity index is 1360. The Morgan fingerprint density at radius 1 is 0.730 bits per heavy atom. The van der Waals surface area contributed by atoms with Crippen LogP contribution in [-0.2, 0) is 9.59 Å². The van der Waals surface area contributed by atoms with Crippen LogP contribution in [0, 0.1) is 19.3 Å². The van der Waals surface area contributed by atoms with Gasteiger partial charge in [0, 0.05) is 44.9 Å². The summed E-state index contributed by atoms with van der Waals surface area (Å²) in [5.74, 6) is -0.758. The van der Waals surface area contributed by atoms with Crippen molar-refractivity contribution in [1.82, 2.24) is 9.97 Å². The minimum absolute atomic E-state index is 0. The Labute approximate surface area is 228 Å². The number of hydrogen-bond donors (Lipinski definition) is 4. The van der Waals surface area contributed by atoms with Crippen LogP contribution in [0.15, 0.2) is 48.5 Å². The highest BCUT2D eigenvalue weighted by atomic mass is 35.5. The van der Waals surface area contributed by atoms with Crippen LogP contribution in [0.2, 0.25) is 0 Å². The number of nitrogen functional groups attached to an aromatic ring is 2. The number of aromatic nitrogens is 2. The van der Waals surface area contributed by atoms with Crippen molar-refractivity contribution in [2.75, 3.05) is 22.1 Å². The Balaban J connectivity index is 0.00000241. The van der Waals surface area contributed by atoms with Gasteiger partial charge in [0.2, 0.25) is 11.8 Å². The van der Waals surface area contributed by atoms with Crippen molar-refractivity contribution in [3.63, 3.8) is 0 Å². The number of nitrogens with two attached hydrogens (primary N) is 2. The average Bonchev–Trinajstić information content (AvgIpc) is 2.81. The first kappa shape index (κ1) is 29.6. The van der Waals surface area contributed by atoms with E-state index in [9.17, 15) is 9.59 Å². The van der Waals surface area contributed by atoms with Crippen LogP contribution in [0.1, 0.15) is 38.1 Å². The molecule has 0 fully saturated rings. The molecule has 4 rings (SSSR count). The van der Waals surface area contributed by atoms with Crippen LogP contribution in [0.4, 0.5) is 22.7 Å². The van der Waals surface area contributed by atoms with Crippen molar-refractivity contribution in [2.45, 2.75) is 40.5 Å². The van der Waals surface area contributed by atoms with Crippen LogP contribution >= 0.6 is 24.8 Å². The number of rotatable bonds is 6. The van der Waals surface area contributed by atoms with E-state index < -0.39 is 5.41 Å². The highest BCUT2D eigenvalue weighted by Gasteiger charge is 2.42. The van der Waals surface area contributed by atoms with Gasteiger partial charge in [0.1, 0.15) is 5.41 Å². The third kappa shape index (κ3) is 5.70. The van der Waals surface area contributed by atoms with Gasteiger partial charge in [-0.3, -0.25) is 19.6 Å². The van der Waals surface area contributed by atoms with Crippen molar-refractivity contribution in [2.24, 2.45) is 5.41 Å². The molecule has 6 N–H and O–H groups in total. The molecule has 0 saturated carbocycles. The zero-order chi connectivity index (χ0) is 25.3. The Kier molecular flexibility index (Phi) is 9.30. The first-order valence-corrected chi connectivity index (χ1v) is 11.6. The molecule has 0 unspecified atom stereocenters. The molecule has 196 valence electrons. The minimum Gasteiger partial charge on any atom is -0.398 e. The number of nitrogens with zero attached hydrogens (tertiary/aromatic N) is 2. The maximum absolute atomic E-state index is 13.5. The quantitative estimate of drug-likeness (QED) is 0.227. The SMILES string of the molecule is CCC(CC)(C(=O)Nc1ccc2nc(C)cc(N)c2c1)C(=O)Nc1ccc2nc(C)cc(N)c2c1.Cl.Cl. The lowest BCUT2D eigenvalue weighted by molar-refractivity contribution is -0.137. The van der Waals surface area contributed by atoms with Gasteiger partial charge in [-0.05, 0) is 75.2 Å². The summed E-state index contributed by atoms with van der Waals surface area (Å²) in [6.45, 7) is 7.42. The van der Waals surface area contributed by atoms with Crippen LogP contribution in [0.3, 0.4) is 0 Å². The first-order chi connectivity index (χ1) is 16.7. The number of anilines is 4. The number of carbonyl (C=O) groups excluding carboxylic acids is 2. The zero-order valence-corrected chi connectivity index (χ0v) is 22.8.